The van der Waals surface area contributed by atoms with Gasteiger partial charge in [0.25, 0.3) is 5.91 Å². The summed E-state index contributed by atoms with van der Waals surface area (Å²) in [7, 11) is 0. The van der Waals surface area contributed by atoms with Crippen LogP contribution in [-0.4, -0.2) is 59.9 Å². The van der Waals surface area contributed by atoms with Crippen LogP contribution in [0.25, 0.3) is 0 Å². The predicted octanol–water partition coefficient (Wildman–Crippen LogP) is -0.173. The minimum Gasteiger partial charge on any atom is -0.393 e. The highest BCUT2D eigenvalue weighted by atomic mass is 19.1. The highest BCUT2D eigenvalue weighted by Crippen LogP contribution is 2.20. The molecule has 104 valence electrons. The van der Waals surface area contributed by atoms with E-state index in [0.29, 0.717) is 31.9 Å². The molecule has 0 saturated carbocycles. The van der Waals surface area contributed by atoms with Gasteiger partial charge in [0.05, 0.1) is 12.3 Å². The lowest BCUT2D eigenvalue weighted by Crippen LogP contribution is -2.52. The molecule has 1 aromatic rings. The van der Waals surface area contributed by atoms with Crippen LogP contribution < -0.4 is 4.90 Å². The third kappa shape index (κ3) is 3.02. The molecule has 0 aliphatic carbocycles. The Morgan fingerprint density at radius 1 is 1.26 bits per heavy atom. The average Bonchev–Trinajstić information content (AvgIpc) is 2.46. The highest BCUT2D eigenvalue weighted by Gasteiger charge is 2.26. The van der Waals surface area contributed by atoms with Crippen LogP contribution in [0.2, 0.25) is 0 Å². The van der Waals surface area contributed by atoms with Crippen molar-refractivity contribution in [2.75, 3.05) is 37.7 Å². The third-order valence-corrected chi connectivity index (χ3v) is 3.24. The normalized spacial score (nSPS) is 17.4. The molecule has 1 amide bonds. The van der Waals surface area contributed by atoms with Crippen LogP contribution >= 0.6 is 0 Å². The van der Waals surface area contributed by atoms with E-state index in [1.807, 2.05) is 4.90 Å². The lowest BCUT2D eigenvalue weighted by atomic mass is 10.2. The molecule has 6 heteroatoms. The number of aliphatic hydroxyl groups is 2. The number of amides is 1. The number of hydrogen-bond acceptors (Lipinski definition) is 4. The molecule has 1 fully saturated rings. The van der Waals surface area contributed by atoms with Gasteiger partial charge in [0.1, 0.15) is 5.82 Å². The number of aliphatic hydroxyl groups excluding tert-OH is 2. The van der Waals surface area contributed by atoms with E-state index >= 15 is 0 Å². The molecule has 0 aromatic heterocycles. The summed E-state index contributed by atoms with van der Waals surface area (Å²) in [6, 6.07) is 6.51. The van der Waals surface area contributed by atoms with E-state index in [2.05, 4.69) is 0 Å². The quantitative estimate of drug-likeness (QED) is 0.799. The van der Waals surface area contributed by atoms with Crippen molar-refractivity contribution in [3.05, 3.63) is 30.1 Å². The second-order valence-corrected chi connectivity index (χ2v) is 4.46. The molecule has 0 spiro atoms. The third-order valence-electron chi connectivity index (χ3n) is 3.24. The van der Waals surface area contributed by atoms with Gasteiger partial charge in [0, 0.05) is 26.2 Å². The molecule has 1 heterocycles. The molecule has 1 aliphatic heterocycles. The topological polar surface area (TPSA) is 64.0 Å². The van der Waals surface area contributed by atoms with Crippen LogP contribution in [0, 0.1) is 5.82 Å². The lowest BCUT2D eigenvalue weighted by molar-refractivity contribution is -0.142. The number of hydrogen-bond donors (Lipinski definition) is 2. The Balaban J connectivity index is 1.96. The first-order chi connectivity index (χ1) is 9.13. The Morgan fingerprint density at radius 3 is 2.47 bits per heavy atom. The van der Waals surface area contributed by atoms with Crippen molar-refractivity contribution in [2.45, 2.75) is 6.10 Å². The SMILES string of the molecule is O=C([C@@H](O)CO)N1CCN(c2ccccc2F)CC1. The number of para-hydroxylation sites is 1. The Labute approximate surface area is 110 Å². The molecule has 2 rings (SSSR count). The van der Waals surface area contributed by atoms with Gasteiger partial charge in [-0.25, -0.2) is 4.39 Å². The maximum Gasteiger partial charge on any atom is 0.253 e. The van der Waals surface area contributed by atoms with E-state index in [1.165, 1.54) is 11.0 Å². The van der Waals surface area contributed by atoms with Gasteiger partial charge in [-0.1, -0.05) is 12.1 Å². The first-order valence-electron chi connectivity index (χ1n) is 6.20. The maximum absolute atomic E-state index is 13.6. The fourth-order valence-corrected chi connectivity index (χ4v) is 2.16. The minimum absolute atomic E-state index is 0.280. The molecule has 2 N–H and O–H groups in total. The van der Waals surface area contributed by atoms with Gasteiger partial charge in [-0.05, 0) is 12.1 Å². The van der Waals surface area contributed by atoms with Crippen molar-refractivity contribution >= 4 is 11.6 Å². The zero-order valence-electron chi connectivity index (χ0n) is 10.5. The van der Waals surface area contributed by atoms with Gasteiger partial charge >= 0.3 is 0 Å². The van der Waals surface area contributed by atoms with E-state index in [0.717, 1.165) is 0 Å². The molecular weight excluding hydrogens is 251 g/mol. The Bertz CT molecular complexity index is 447. The summed E-state index contributed by atoms with van der Waals surface area (Å²) in [5.41, 5.74) is 0.525. The summed E-state index contributed by atoms with van der Waals surface area (Å²) >= 11 is 0. The Kier molecular flexibility index (Phi) is 4.34. The highest BCUT2D eigenvalue weighted by molar-refractivity contribution is 5.81. The lowest BCUT2D eigenvalue weighted by Gasteiger charge is -2.36. The summed E-state index contributed by atoms with van der Waals surface area (Å²) < 4.78 is 13.6. The minimum atomic E-state index is -1.36. The summed E-state index contributed by atoms with van der Waals surface area (Å²) in [6.07, 6.45) is -1.36. The predicted molar refractivity (Wildman–Crippen MR) is 68.3 cm³/mol. The van der Waals surface area contributed by atoms with Crippen molar-refractivity contribution in [3.63, 3.8) is 0 Å². The number of anilines is 1. The van der Waals surface area contributed by atoms with Crippen molar-refractivity contribution in [1.82, 2.24) is 4.90 Å². The molecular formula is C13H17FN2O3. The van der Waals surface area contributed by atoms with E-state index in [1.54, 1.807) is 18.2 Å². The zero-order chi connectivity index (χ0) is 13.8. The van der Waals surface area contributed by atoms with Crippen LogP contribution in [-0.2, 0) is 4.79 Å². The van der Waals surface area contributed by atoms with Gasteiger partial charge in [0.15, 0.2) is 6.10 Å². The maximum atomic E-state index is 13.6. The van der Waals surface area contributed by atoms with E-state index in [-0.39, 0.29) is 5.82 Å². The molecule has 0 radical (unpaired) electrons. The number of piperazine rings is 1. The summed E-state index contributed by atoms with van der Waals surface area (Å²) in [5.74, 6) is -0.756. The second kappa shape index (κ2) is 5.99. The van der Waals surface area contributed by atoms with Gasteiger partial charge < -0.3 is 20.0 Å². The van der Waals surface area contributed by atoms with Gasteiger partial charge in [-0.2, -0.15) is 0 Å². The fourth-order valence-electron chi connectivity index (χ4n) is 2.16. The number of halogens is 1. The number of rotatable bonds is 3. The second-order valence-electron chi connectivity index (χ2n) is 4.46. The number of nitrogens with zero attached hydrogens (tertiary/aromatic N) is 2. The molecule has 1 saturated heterocycles. The van der Waals surface area contributed by atoms with Crippen molar-refractivity contribution in [2.24, 2.45) is 0 Å². The molecule has 1 aromatic carbocycles. The molecule has 5 nitrogen and oxygen atoms in total. The standard InChI is InChI=1S/C13H17FN2O3/c14-10-3-1-2-4-11(10)15-5-7-16(8-6-15)13(19)12(18)9-17/h1-4,12,17-18H,5-9H2/t12-/m0/s1. The molecule has 19 heavy (non-hydrogen) atoms. The number of benzene rings is 1. The van der Waals surface area contributed by atoms with Crippen LogP contribution in [0.15, 0.2) is 24.3 Å². The summed E-state index contributed by atoms with van der Waals surface area (Å²) in [4.78, 5) is 15.0. The average molecular weight is 268 g/mol. The van der Waals surface area contributed by atoms with Crippen LogP contribution in [0.4, 0.5) is 10.1 Å². The van der Waals surface area contributed by atoms with E-state index < -0.39 is 18.6 Å². The van der Waals surface area contributed by atoms with Crippen molar-refractivity contribution in [1.29, 1.82) is 0 Å². The first-order valence-corrected chi connectivity index (χ1v) is 6.20. The fraction of sp³-hybridized carbons (Fsp3) is 0.462. The van der Waals surface area contributed by atoms with Crippen LogP contribution in [0.5, 0.6) is 0 Å². The van der Waals surface area contributed by atoms with Gasteiger partial charge in [-0.3, -0.25) is 4.79 Å². The van der Waals surface area contributed by atoms with Gasteiger partial charge in [0.2, 0.25) is 0 Å². The van der Waals surface area contributed by atoms with E-state index in [9.17, 15) is 14.3 Å². The largest absolute Gasteiger partial charge is 0.393 e. The monoisotopic (exact) mass is 268 g/mol. The Morgan fingerprint density at radius 2 is 1.89 bits per heavy atom. The molecule has 1 atom stereocenters. The van der Waals surface area contributed by atoms with Crippen molar-refractivity contribution < 1.29 is 19.4 Å². The van der Waals surface area contributed by atoms with Gasteiger partial charge in [-0.15, -0.1) is 0 Å². The Hall–Kier alpha value is -1.66. The zero-order valence-corrected chi connectivity index (χ0v) is 10.5. The molecule has 1 aliphatic rings. The smallest absolute Gasteiger partial charge is 0.253 e. The number of carbonyl (C=O) groups excluding carboxylic acids is 1. The molecule has 0 unspecified atom stereocenters. The van der Waals surface area contributed by atoms with Crippen LogP contribution in [0.3, 0.4) is 0 Å². The molecule has 0 bridgehead atoms. The summed E-state index contributed by atoms with van der Waals surface area (Å²) in [5, 5.41) is 18.0. The van der Waals surface area contributed by atoms with Crippen LogP contribution in [0.1, 0.15) is 0 Å². The van der Waals surface area contributed by atoms with Crippen molar-refractivity contribution in [3.8, 4) is 0 Å². The summed E-state index contributed by atoms with van der Waals surface area (Å²) in [6.45, 7) is 1.25. The number of carbonyl (C=O) groups is 1. The van der Waals surface area contributed by atoms with E-state index in [4.69, 9.17) is 5.11 Å². The first kappa shape index (κ1) is 13.8.